The van der Waals surface area contributed by atoms with Gasteiger partial charge in [-0.1, -0.05) is 24.3 Å². The van der Waals surface area contributed by atoms with Gasteiger partial charge in [0.25, 0.3) is 0 Å². The number of Topliss-reactive ketones (excluding diaryl/α,β-unsaturated/α-hetero) is 1. The van der Waals surface area contributed by atoms with Gasteiger partial charge in [-0.3, -0.25) is 4.79 Å². The maximum Gasteiger partial charge on any atom is 0.171 e. The van der Waals surface area contributed by atoms with Crippen molar-refractivity contribution in [3.8, 4) is 5.75 Å². The molecule has 2 aromatic rings. The van der Waals surface area contributed by atoms with Crippen molar-refractivity contribution < 1.29 is 18.3 Å². The molecule has 0 aliphatic carbocycles. The van der Waals surface area contributed by atoms with Crippen molar-refractivity contribution in [1.29, 1.82) is 0 Å². The topological polar surface area (TPSA) is 26.3 Å². The predicted molar refractivity (Wildman–Crippen MR) is 67.4 cm³/mol. The van der Waals surface area contributed by atoms with Crippen molar-refractivity contribution in [3.63, 3.8) is 0 Å². The van der Waals surface area contributed by atoms with Gasteiger partial charge in [0.15, 0.2) is 17.4 Å². The zero-order chi connectivity index (χ0) is 13.8. The van der Waals surface area contributed by atoms with Crippen LogP contribution in [-0.2, 0) is 6.42 Å². The van der Waals surface area contributed by atoms with Gasteiger partial charge in [0.2, 0.25) is 0 Å². The number of rotatable bonds is 4. The molecule has 0 fully saturated rings. The third kappa shape index (κ3) is 2.78. The number of benzene rings is 2. The summed E-state index contributed by atoms with van der Waals surface area (Å²) in [6, 6.07) is 10.5. The Morgan fingerprint density at radius 2 is 1.84 bits per heavy atom. The van der Waals surface area contributed by atoms with Crippen molar-refractivity contribution in [2.75, 3.05) is 7.11 Å². The van der Waals surface area contributed by atoms with Crippen molar-refractivity contribution in [2.24, 2.45) is 0 Å². The van der Waals surface area contributed by atoms with Crippen LogP contribution in [0.5, 0.6) is 5.75 Å². The fourth-order valence-corrected chi connectivity index (χ4v) is 1.83. The Hall–Kier alpha value is -2.23. The summed E-state index contributed by atoms with van der Waals surface area (Å²) in [5.74, 6) is -1.83. The summed E-state index contributed by atoms with van der Waals surface area (Å²) in [7, 11) is 1.45. The molecule has 0 amide bonds. The van der Waals surface area contributed by atoms with Crippen LogP contribution in [0.3, 0.4) is 0 Å². The second-order valence-corrected chi connectivity index (χ2v) is 4.01. The number of methoxy groups -OCH3 is 1. The number of halogens is 2. The summed E-state index contributed by atoms with van der Waals surface area (Å²) in [5.41, 5.74) is 0.393. The van der Waals surface area contributed by atoms with Crippen LogP contribution in [0, 0.1) is 11.6 Å². The molecule has 0 N–H and O–H groups in total. The Bertz CT molecular complexity index is 609. The summed E-state index contributed by atoms with van der Waals surface area (Å²) in [6.07, 6.45) is -0.204. The molecule has 0 heterocycles. The maximum atomic E-state index is 13.5. The Labute approximate surface area is 109 Å². The molecule has 0 spiro atoms. The number of ketones is 1. The van der Waals surface area contributed by atoms with Crippen LogP contribution in [0.25, 0.3) is 0 Å². The summed E-state index contributed by atoms with van der Waals surface area (Å²) in [4.78, 5) is 12.1. The Morgan fingerprint density at radius 3 is 2.58 bits per heavy atom. The molecule has 19 heavy (non-hydrogen) atoms. The van der Waals surface area contributed by atoms with Crippen LogP contribution in [-0.4, -0.2) is 12.9 Å². The van der Waals surface area contributed by atoms with E-state index < -0.39 is 11.6 Å². The average molecular weight is 262 g/mol. The molecule has 0 aromatic heterocycles. The number of hydrogen-bond acceptors (Lipinski definition) is 2. The third-order valence-electron chi connectivity index (χ3n) is 2.79. The van der Waals surface area contributed by atoms with Crippen molar-refractivity contribution in [2.45, 2.75) is 6.42 Å². The van der Waals surface area contributed by atoms with E-state index in [9.17, 15) is 13.6 Å². The molecule has 0 saturated carbocycles. The lowest BCUT2D eigenvalue weighted by Crippen LogP contribution is -2.07. The highest BCUT2D eigenvalue weighted by Crippen LogP contribution is 2.21. The minimum atomic E-state index is -0.981. The summed E-state index contributed by atoms with van der Waals surface area (Å²) >= 11 is 0. The van der Waals surface area contributed by atoms with Crippen LogP contribution in [0.4, 0.5) is 8.78 Å². The van der Waals surface area contributed by atoms with E-state index in [0.29, 0.717) is 11.3 Å². The van der Waals surface area contributed by atoms with Gasteiger partial charge in [0.1, 0.15) is 5.75 Å². The number of ether oxygens (including phenoxy) is 1. The molecule has 2 rings (SSSR count). The quantitative estimate of drug-likeness (QED) is 0.789. The predicted octanol–water partition coefficient (Wildman–Crippen LogP) is 3.40. The second-order valence-electron chi connectivity index (χ2n) is 4.01. The third-order valence-corrected chi connectivity index (χ3v) is 2.79. The average Bonchev–Trinajstić information content (AvgIpc) is 2.43. The summed E-state index contributed by atoms with van der Waals surface area (Å²) in [5, 5.41) is 0. The molecule has 0 saturated heterocycles. The highest BCUT2D eigenvalue weighted by Gasteiger charge is 2.15. The van der Waals surface area contributed by atoms with Gasteiger partial charge >= 0.3 is 0 Å². The maximum absolute atomic E-state index is 13.5. The number of carbonyl (C=O) groups excluding carboxylic acids is 1. The fraction of sp³-hybridized carbons (Fsp3) is 0.133. The van der Waals surface area contributed by atoms with Gasteiger partial charge in [-0.2, -0.15) is 0 Å². The standard InChI is InChI=1S/C15H12F2O2/c1-19-14-8-3-2-6-11(14)13(18)9-10-5-4-7-12(16)15(10)17/h2-8H,9H2,1H3. The van der Waals surface area contributed by atoms with Crippen molar-refractivity contribution >= 4 is 5.78 Å². The van der Waals surface area contributed by atoms with Crippen molar-refractivity contribution in [3.05, 3.63) is 65.2 Å². The lowest BCUT2D eigenvalue weighted by atomic mass is 10.0. The van der Waals surface area contributed by atoms with Crippen LogP contribution in [0.2, 0.25) is 0 Å². The van der Waals surface area contributed by atoms with Crippen LogP contribution >= 0.6 is 0 Å². The largest absolute Gasteiger partial charge is 0.496 e. The first kappa shape index (κ1) is 13.2. The van der Waals surface area contributed by atoms with Gasteiger partial charge in [-0.15, -0.1) is 0 Å². The van der Waals surface area contributed by atoms with Crippen molar-refractivity contribution in [1.82, 2.24) is 0 Å². The summed E-state index contributed by atoms with van der Waals surface area (Å²) in [6.45, 7) is 0. The molecule has 0 aliphatic rings. The zero-order valence-corrected chi connectivity index (χ0v) is 10.3. The molecule has 0 radical (unpaired) electrons. The molecule has 4 heteroatoms. The van der Waals surface area contributed by atoms with Gasteiger partial charge in [0, 0.05) is 6.42 Å². The normalized spacial score (nSPS) is 10.3. The Kier molecular flexibility index (Phi) is 3.90. The van der Waals surface area contributed by atoms with E-state index in [1.807, 2.05) is 0 Å². The molecular weight excluding hydrogens is 250 g/mol. The van der Waals surface area contributed by atoms with Gasteiger partial charge in [-0.05, 0) is 23.8 Å². The van der Waals surface area contributed by atoms with Crippen LogP contribution < -0.4 is 4.74 Å². The minimum Gasteiger partial charge on any atom is -0.496 e. The molecule has 2 nitrogen and oxygen atoms in total. The second kappa shape index (κ2) is 5.61. The molecular formula is C15H12F2O2. The number of hydrogen-bond donors (Lipinski definition) is 0. The van der Waals surface area contributed by atoms with Gasteiger partial charge in [-0.25, -0.2) is 8.78 Å². The Morgan fingerprint density at radius 1 is 1.11 bits per heavy atom. The van der Waals surface area contributed by atoms with Crippen LogP contribution in [0.1, 0.15) is 15.9 Å². The molecule has 0 atom stereocenters. The number of carbonyl (C=O) groups is 1. The lowest BCUT2D eigenvalue weighted by Gasteiger charge is -2.08. The van der Waals surface area contributed by atoms with E-state index in [1.165, 1.54) is 19.2 Å². The monoisotopic (exact) mass is 262 g/mol. The SMILES string of the molecule is COc1ccccc1C(=O)Cc1cccc(F)c1F. The lowest BCUT2D eigenvalue weighted by molar-refractivity contribution is 0.0988. The summed E-state index contributed by atoms with van der Waals surface area (Å²) < 4.78 is 31.6. The first-order valence-electron chi connectivity index (χ1n) is 5.72. The Balaban J connectivity index is 2.28. The molecule has 0 unspecified atom stereocenters. The first-order valence-corrected chi connectivity index (χ1v) is 5.72. The van der Waals surface area contributed by atoms with E-state index in [0.717, 1.165) is 6.07 Å². The highest BCUT2D eigenvalue weighted by molar-refractivity contribution is 5.99. The van der Waals surface area contributed by atoms with Gasteiger partial charge < -0.3 is 4.74 Å². The smallest absolute Gasteiger partial charge is 0.171 e. The fourth-order valence-electron chi connectivity index (χ4n) is 1.83. The van der Waals surface area contributed by atoms with E-state index >= 15 is 0 Å². The van der Waals surface area contributed by atoms with E-state index in [1.54, 1.807) is 24.3 Å². The molecule has 0 bridgehead atoms. The highest BCUT2D eigenvalue weighted by atomic mass is 19.2. The van der Waals surface area contributed by atoms with E-state index in [4.69, 9.17) is 4.74 Å². The minimum absolute atomic E-state index is 0.0379. The van der Waals surface area contributed by atoms with Crippen LogP contribution in [0.15, 0.2) is 42.5 Å². The van der Waals surface area contributed by atoms with E-state index in [-0.39, 0.29) is 17.8 Å². The molecule has 0 aliphatic heterocycles. The molecule has 98 valence electrons. The zero-order valence-electron chi connectivity index (χ0n) is 10.3. The first-order chi connectivity index (χ1) is 9.13. The number of para-hydroxylation sites is 1. The van der Waals surface area contributed by atoms with Gasteiger partial charge in [0.05, 0.1) is 12.7 Å². The molecule has 2 aromatic carbocycles. The van der Waals surface area contributed by atoms with E-state index in [2.05, 4.69) is 0 Å².